The topological polar surface area (TPSA) is 107 Å². The zero-order chi connectivity index (χ0) is 21.0. The Morgan fingerprint density at radius 2 is 1.86 bits per heavy atom. The Morgan fingerprint density at radius 1 is 1.14 bits per heavy atom. The number of nitro groups is 1. The number of hydrogen-bond donors (Lipinski definition) is 0. The van der Waals surface area contributed by atoms with Gasteiger partial charge >= 0.3 is 5.97 Å². The Balaban J connectivity index is 1.78. The van der Waals surface area contributed by atoms with Crippen molar-refractivity contribution < 1.29 is 22.9 Å². The van der Waals surface area contributed by atoms with Crippen molar-refractivity contribution >= 4 is 33.3 Å². The van der Waals surface area contributed by atoms with E-state index in [1.807, 2.05) is 0 Å². The third-order valence-corrected chi connectivity index (χ3v) is 6.83. The van der Waals surface area contributed by atoms with Crippen molar-refractivity contribution in [2.45, 2.75) is 30.8 Å². The largest absolute Gasteiger partial charge is 0.457 e. The van der Waals surface area contributed by atoms with Crippen molar-refractivity contribution in [3.05, 3.63) is 68.7 Å². The van der Waals surface area contributed by atoms with Crippen LogP contribution in [0.1, 0.15) is 35.2 Å². The van der Waals surface area contributed by atoms with Gasteiger partial charge in [-0.05, 0) is 36.6 Å². The monoisotopic (exact) mass is 438 g/mol. The summed E-state index contributed by atoms with van der Waals surface area (Å²) in [7, 11) is -3.73. The van der Waals surface area contributed by atoms with E-state index in [2.05, 4.69) is 0 Å². The molecule has 3 rings (SSSR count). The lowest BCUT2D eigenvalue weighted by Crippen LogP contribution is -2.35. The molecule has 29 heavy (non-hydrogen) atoms. The molecule has 8 nitrogen and oxygen atoms in total. The van der Waals surface area contributed by atoms with E-state index in [0.717, 1.165) is 19.3 Å². The summed E-state index contributed by atoms with van der Waals surface area (Å²) in [6, 6.07) is 9.62. The van der Waals surface area contributed by atoms with Crippen LogP contribution >= 0.6 is 11.6 Å². The van der Waals surface area contributed by atoms with Crippen LogP contribution < -0.4 is 0 Å². The van der Waals surface area contributed by atoms with Gasteiger partial charge in [0.05, 0.1) is 20.4 Å². The summed E-state index contributed by atoms with van der Waals surface area (Å²) in [5.74, 6) is -0.808. The smallest absolute Gasteiger partial charge is 0.340 e. The van der Waals surface area contributed by atoms with Gasteiger partial charge in [0.2, 0.25) is 10.0 Å². The molecule has 0 aromatic heterocycles. The summed E-state index contributed by atoms with van der Waals surface area (Å²) in [4.78, 5) is 22.7. The Morgan fingerprint density at radius 3 is 2.55 bits per heavy atom. The molecule has 0 spiro atoms. The third-order valence-electron chi connectivity index (χ3n) is 4.60. The summed E-state index contributed by atoms with van der Waals surface area (Å²) in [6.07, 6.45) is 2.58. The van der Waals surface area contributed by atoms with Gasteiger partial charge in [0.25, 0.3) is 5.69 Å². The number of piperidine rings is 1. The van der Waals surface area contributed by atoms with E-state index >= 15 is 0 Å². The number of ether oxygens (including phenoxy) is 1. The number of halogens is 1. The van der Waals surface area contributed by atoms with Crippen LogP contribution in [0.4, 0.5) is 5.69 Å². The van der Waals surface area contributed by atoms with E-state index in [1.54, 1.807) is 6.07 Å². The molecule has 1 aliphatic heterocycles. The highest BCUT2D eigenvalue weighted by Gasteiger charge is 2.27. The molecule has 0 radical (unpaired) electrons. The molecule has 1 fully saturated rings. The molecule has 0 saturated carbocycles. The Hall–Kier alpha value is -2.49. The minimum absolute atomic E-state index is 0.0221. The Labute approximate surface area is 173 Å². The molecule has 1 aliphatic rings. The summed E-state index contributed by atoms with van der Waals surface area (Å²) in [5, 5.41) is 10.9. The number of esters is 1. The number of benzene rings is 2. The van der Waals surface area contributed by atoms with Gasteiger partial charge in [-0.2, -0.15) is 4.31 Å². The fourth-order valence-corrected chi connectivity index (χ4v) is 4.80. The first-order chi connectivity index (χ1) is 13.8. The summed E-state index contributed by atoms with van der Waals surface area (Å²) < 4.78 is 32.2. The predicted molar refractivity (Wildman–Crippen MR) is 106 cm³/mol. The van der Waals surface area contributed by atoms with E-state index in [9.17, 15) is 23.3 Å². The van der Waals surface area contributed by atoms with Crippen LogP contribution in [0.25, 0.3) is 0 Å². The van der Waals surface area contributed by atoms with E-state index < -0.39 is 20.9 Å². The number of carbonyl (C=O) groups excluding carboxylic acids is 1. The lowest BCUT2D eigenvalue weighted by Gasteiger charge is -2.26. The van der Waals surface area contributed by atoms with Crippen LogP contribution in [-0.2, 0) is 21.4 Å². The Bertz CT molecular complexity index is 1030. The van der Waals surface area contributed by atoms with Crippen LogP contribution in [0.3, 0.4) is 0 Å². The lowest BCUT2D eigenvalue weighted by atomic mass is 10.2. The molecule has 0 atom stereocenters. The van der Waals surface area contributed by atoms with Crippen molar-refractivity contribution in [2.75, 3.05) is 13.1 Å². The zero-order valence-corrected chi connectivity index (χ0v) is 17.0. The number of non-ortho nitro benzene ring substituents is 1. The molecule has 0 bridgehead atoms. The van der Waals surface area contributed by atoms with Gasteiger partial charge in [0, 0.05) is 25.2 Å². The maximum Gasteiger partial charge on any atom is 0.340 e. The fourth-order valence-electron chi connectivity index (χ4n) is 3.06. The molecule has 1 heterocycles. The Kier molecular flexibility index (Phi) is 6.51. The van der Waals surface area contributed by atoms with Gasteiger partial charge in [0.1, 0.15) is 6.61 Å². The average Bonchev–Trinajstić information content (AvgIpc) is 2.73. The molecule has 0 unspecified atom stereocenters. The molecular weight excluding hydrogens is 420 g/mol. The summed E-state index contributed by atoms with van der Waals surface area (Å²) >= 11 is 6.08. The average molecular weight is 439 g/mol. The summed E-state index contributed by atoms with van der Waals surface area (Å²) in [5.41, 5.74) is 0.238. The fraction of sp³-hybridized carbons (Fsp3) is 0.316. The first-order valence-corrected chi connectivity index (χ1v) is 10.8. The zero-order valence-electron chi connectivity index (χ0n) is 15.4. The molecule has 2 aromatic rings. The maximum atomic E-state index is 12.8. The highest BCUT2D eigenvalue weighted by molar-refractivity contribution is 7.89. The minimum Gasteiger partial charge on any atom is -0.457 e. The lowest BCUT2D eigenvalue weighted by molar-refractivity contribution is -0.384. The van der Waals surface area contributed by atoms with Gasteiger partial charge in [-0.1, -0.05) is 30.2 Å². The van der Waals surface area contributed by atoms with Crippen LogP contribution in [0, 0.1) is 10.1 Å². The van der Waals surface area contributed by atoms with Gasteiger partial charge in [-0.3, -0.25) is 10.1 Å². The highest BCUT2D eigenvalue weighted by Crippen LogP contribution is 2.26. The standard InChI is InChI=1S/C19H19ClN2O6S/c20-18-8-7-16(29(26,27)21-9-2-1-3-10-21)12-17(18)19(23)28-13-14-5-4-6-15(11-14)22(24)25/h4-8,11-12H,1-3,9-10,13H2. The number of rotatable bonds is 6. The second-order valence-corrected chi connectivity index (χ2v) is 8.95. The molecule has 2 aromatic carbocycles. The van der Waals surface area contributed by atoms with Gasteiger partial charge < -0.3 is 4.74 Å². The number of sulfonamides is 1. The SMILES string of the molecule is O=C(OCc1cccc([N+](=O)[O-])c1)c1cc(S(=O)(=O)N2CCCCC2)ccc1Cl. The molecular formula is C19H19ClN2O6S. The number of nitrogens with zero attached hydrogens (tertiary/aromatic N) is 2. The maximum absolute atomic E-state index is 12.8. The van der Waals surface area contributed by atoms with Crippen LogP contribution in [-0.4, -0.2) is 36.7 Å². The van der Waals surface area contributed by atoms with E-state index in [1.165, 1.54) is 40.7 Å². The van der Waals surface area contributed by atoms with Crippen molar-refractivity contribution in [1.29, 1.82) is 0 Å². The number of hydrogen-bond acceptors (Lipinski definition) is 6. The van der Waals surface area contributed by atoms with E-state index in [0.29, 0.717) is 18.7 Å². The van der Waals surface area contributed by atoms with Crippen LogP contribution in [0.5, 0.6) is 0 Å². The van der Waals surface area contributed by atoms with Gasteiger partial charge in [0.15, 0.2) is 0 Å². The minimum atomic E-state index is -3.73. The van der Waals surface area contributed by atoms with Crippen molar-refractivity contribution in [1.82, 2.24) is 4.31 Å². The van der Waals surface area contributed by atoms with Crippen molar-refractivity contribution in [2.24, 2.45) is 0 Å². The first kappa shape index (κ1) is 21.2. The normalized spacial score (nSPS) is 15.1. The quantitative estimate of drug-likeness (QED) is 0.386. The van der Waals surface area contributed by atoms with E-state index in [4.69, 9.17) is 16.3 Å². The van der Waals surface area contributed by atoms with Gasteiger partial charge in [-0.15, -0.1) is 0 Å². The third kappa shape index (κ3) is 4.92. The number of nitro benzene ring substituents is 1. The van der Waals surface area contributed by atoms with Crippen LogP contribution in [0.2, 0.25) is 5.02 Å². The second kappa shape index (κ2) is 8.89. The molecule has 0 amide bonds. The van der Waals surface area contributed by atoms with Gasteiger partial charge in [-0.25, -0.2) is 13.2 Å². The van der Waals surface area contributed by atoms with E-state index in [-0.39, 0.29) is 27.8 Å². The summed E-state index contributed by atoms with van der Waals surface area (Å²) in [6.45, 7) is 0.676. The second-order valence-electron chi connectivity index (χ2n) is 6.61. The van der Waals surface area contributed by atoms with Crippen LogP contribution in [0.15, 0.2) is 47.4 Å². The molecule has 154 valence electrons. The molecule has 10 heteroatoms. The molecule has 0 N–H and O–H groups in total. The number of carbonyl (C=O) groups is 1. The van der Waals surface area contributed by atoms with Crippen molar-refractivity contribution in [3.8, 4) is 0 Å². The highest BCUT2D eigenvalue weighted by atomic mass is 35.5. The predicted octanol–water partition coefficient (Wildman–Crippen LogP) is 3.78. The molecule has 0 aliphatic carbocycles. The van der Waals surface area contributed by atoms with Crippen molar-refractivity contribution in [3.63, 3.8) is 0 Å². The molecule has 1 saturated heterocycles. The first-order valence-electron chi connectivity index (χ1n) is 8.99.